The van der Waals surface area contributed by atoms with Gasteiger partial charge in [0.2, 0.25) is 5.91 Å². The van der Waals surface area contributed by atoms with Crippen LogP contribution in [0.4, 0.5) is 4.79 Å². The molecule has 1 aromatic carbocycles. The van der Waals surface area contributed by atoms with E-state index >= 15 is 0 Å². The third-order valence-corrected chi connectivity index (χ3v) is 5.21. The minimum Gasteiger partial charge on any atom is -0.444 e. The van der Waals surface area contributed by atoms with Crippen LogP contribution in [0.3, 0.4) is 0 Å². The first-order chi connectivity index (χ1) is 12.7. The minimum atomic E-state index is -0.525. The summed E-state index contributed by atoms with van der Waals surface area (Å²) >= 11 is 5.97. The predicted molar refractivity (Wildman–Crippen MR) is 106 cm³/mol. The summed E-state index contributed by atoms with van der Waals surface area (Å²) in [5.74, 6) is -0.000114. The molecule has 1 atom stereocenters. The average Bonchev–Trinajstić information content (AvgIpc) is 3.44. The van der Waals surface area contributed by atoms with Gasteiger partial charge in [-0.3, -0.25) is 4.79 Å². The summed E-state index contributed by atoms with van der Waals surface area (Å²) in [5.41, 5.74) is 0.558. The maximum Gasteiger partial charge on any atom is 0.410 e. The first-order valence-electron chi connectivity index (χ1n) is 9.76. The van der Waals surface area contributed by atoms with Gasteiger partial charge in [0.25, 0.3) is 0 Å². The summed E-state index contributed by atoms with van der Waals surface area (Å²) in [6.07, 6.45) is 3.44. The van der Waals surface area contributed by atoms with Gasteiger partial charge in [0.15, 0.2) is 0 Å². The highest BCUT2D eigenvalue weighted by Crippen LogP contribution is 2.32. The van der Waals surface area contributed by atoms with Crippen LogP contribution in [0, 0.1) is 5.92 Å². The Balaban J connectivity index is 1.65. The first-order valence-corrected chi connectivity index (χ1v) is 10.1. The van der Waals surface area contributed by atoms with Crippen molar-refractivity contribution < 1.29 is 14.3 Å². The highest BCUT2D eigenvalue weighted by molar-refractivity contribution is 6.30. The number of ether oxygens (including phenoxy) is 1. The van der Waals surface area contributed by atoms with Crippen LogP contribution in [0.2, 0.25) is 5.02 Å². The Kier molecular flexibility index (Phi) is 5.99. The van der Waals surface area contributed by atoms with Crippen LogP contribution in [-0.4, -0.2) is 46.5 Å². The molecule has 2 aliphatic rings. The molecule has 0 spiro atoms. The Morgan fingerprint density at radius 3 is 2.44 bits per heavy atom. The molecular formula is C21H29ClN2O3. The molecule has 0 N–H and O–H groups in total. The second-order valence-electron chi connectivity index (χ2n) is 8.59. The van der Waals surface area contributed by atoms with Crippen molar-refractivity contribution >= 4 is 23.6 Å². The Morgan fingerprint density at radius 2 is 1.85 bits per heavy atom. The number of carbonyl (C=O) groups excluding carboxylic acids is 2. The van der Waals surface area contributed by atoms with Crippen LogP contribution < -0.4 is 0 Å². The van der Waals surface area contributed by atoms with E-state index in [0.29, 0.717) is 30.7 Å². The third kappa shape index (κ3) is 5.61. The second-order valence-corrected chi connectivity index (χ2v) is 9.03. The molecule has 0 bridgehead atoms. The molecule has 3 rings (SSSR count). The van der Waals surface area contributed by atoms with Crippen LogP contribution in [0.25, 0.3) is 0 Å². The first kappa shape index (κ1) is 20.0. The highest BCUT2D eigenvalue weighted by Gasteiger charge is 2.38. The molecule has 0 aromatic heterocycles. The zero-order valence-corrected chi connectivity index (χ0v) is 17.2. The van der Waals surface area contributed by atoms with Gasteiger partial charge in [-0.25, -0.2) is 4.79 Å². The molecule has 0 radical (unpaired) electrons. The summed E-state index contributed by atoms with van der Waals surface area (Å²) in [6, 6.07) is 7.98. The molecule has 1 saturated carbocycles. The number of hydrogen-bond donors (Lipinski definition) is 0. The number of benzene rings is 1. The Labute approximate surface area is 166 Å². The SMILES string of the molecule is CC(C)(C)OC(=O)N1CCC[C@@H](C(=O)N(Cc2ccc(Cl)cc2)C2CC2)C1. The van der Waals surface area contributed by atoms with E-state index < -0.39 is 5.60 Å². The van der Waals surface area contributed by atoms with Crippen molar-refractivity contribution in [3.8, 4) is 0 Å². The van der Waals surface area contributed by atoms with Crippen LogP contribution in [-0.2, 0) is 16.1 Å². The van der Waals surface area contributed by atoms with E-state index in [-0.39, 0.29) is 17.9 Å². The van der Waals surface area contributed by atoms with Crippen molar-refractivity contribution in [2.24, 2.45) is 5.92 Å². The van der Waals surface area contributed by atoms with E-state index in [9.17, 15) is 9.59 Å². The monoisotopic (exact) mass is 392 g/mol. The number of hydrogen-bond acceptors (Lipinski definition) is 3. The van der Waals surface area contributed by atoms with Crippen molar-refractivity contribution in [2.45, 2.75) is 64.6 Å². The van der Waals surface area contributed by atoms with Crippen molar-refractivity contribution in [2.75, 3.05) is 13.1 Å². The summed E-state index contributed by atoms with van der Waals surface area (Å²) in [5, 5.41) is 0.698. The van der Waals surface area contributed by atoms with Crippen LogP contribution in [0.5, 0.6) is 0 Å². The lowest BCUT2D eigenvalue weighted by atomic mass is 9.96. The van der Waals surface area contributed by atoms with Gasteiger partial charge in [0, 0.05) is 30.7 Å². The molecule has 2 fully saturated rings. The number of nitrogens with zero attached hydrogens (tertiary/aromatic N) is 2. The molecule has 0 unspecified atom stereocenters. The van der Waals surface area contributed by atoms with Crippen molar-refractivity contribution in [1.82, 2.24) is 9.80 Å². The highest BCUT2D eigenvalue weighted by atomic mass is 35.5. The van der Waals surface area contributed by atoms with Gasteiger partial charge in [0.1, 0.15) is 5.60 Å². The van der Waals surface area contributed by atoms with Gasteiger partial charge in [-0.1, -0.05) is 23.7 Å². The van der Waals surface area contributed by atoms with Gasteiger partial charge >= 0.3 is 6.09 Å². The zero-order chi connectivity index (χ0) is 19.6. The number of amides is 2. The molecule has 148 valence electrons. The van der Waals surface area contributed by atoms with Crippen LogP contribution in [0.15, 0.2) is 24.3 Å². The number of carbonyl (C=O) groups is 2. The maximum absolute atomic E-state index is 13.2. The summed E-state index contributed by atoms with van der Waals surface area (Å²) < 4.78 is 5.48. The predicted octanol–water partition coefficient (Wildman–Crippen LogP) is 4.48. The van der Waals surface area contributed by atoms with E-state index in [2.05, 4.69) is 0 Å². The zero-order valence-electron chi connectivity index (χ0n) is 16.4. The molecule has 2 amide bonds. The van der Waals surface area contributed by atoms with Crippen molar-refractivity contribution in [1.29, 1.82) is 0 Å². The molecule has 1 aliphatic carbocycles. The van der Waals surface area contributed by atoms with Gasteiger partial charge in [0.05, 0.1) is 5.92 Å². The Hall–Kier alpha value is -1.75. The summed E-state index contributed by atoms with van der Waals surface area (Å²) in [6.45, 7) is 7.27. The van der Waals surface area contributed by atoms with Gasteiger partial charge < -0.3 is 14.5 Å². The number of rotatable bonds is 4. The fraction of sp³-hybridized carbons (Fsp3) is 0.619. The molecule has 5 nitrogen and oxygen atoms in total. The molecule has 27 heavy (non-hydrogen) atoms. The normalized spacial score (nSPS) is 20.3. The molecular weight excluding hydrogens is 364 g/mol. The van der Waals surface area contributed by atoms with Gasteiger partial charge in [-0.2, -0.15) is 0 Å². The van der Waals surface area contributed by atoms with E-state index in [0.717, 1.165) is 31.2 Å². The van der Waals surface area contributed by atoms with E-state index in [4.69, 9.17) is 16.3 Å². The lowest BCUT2D eigenvalue weighted by molar-refractivity contribution is -0.138. The van der Waals surface area contributed by atoms with Crippen LogP contribution >= 0.6 is 11.6 Å². The summed E-state index contributed by atoms with van der Waals surface area (Å²) in [4.78, 5) is 29.3. The second kappa shape index (κ2) is 8.09. The molecule has 1 aliphatic heterocycles. The van der Waals surface area contributed by atoms with E-state index in [1.54, 1.807) is 4.90 Å². The van der Waals surface area contributed by atoms with Crippen molar-refractivity contribution in [3.05, 3.63) is 34.9 Å². The van der Waals surface area contributed by atoms with Crippen LogP contribution in [0.1, 0.15) is 52.0 Å². The fourth-order valence-electron chi connectivity index (χ4n) is 3.47. The van der Waals surface area contributed by atoms with E-state index in [1.807, 2.05) is 49.9 Å². The molecule has 1 aromatic rings. The van der Waals surface area contributed by atoms with Crippen molar-refractivity contribution in [3.63, 3.8) is 0 Å². The average molecular weight is 393 g/mol. The Morgan fingerprint density at radius 1 is 1.19 bits per heavy atom. The van der Waals surface area contributed by atoms with Gasteiger partial charge in [-0.15, -0.1) is 0 Å². The topological polar surface area (TPSA) is 49.9 Å². The molecule has 6 heteroatoms. The standard InChI is InChI=1S/C21H29ClN2O3/c1-21(2,3)27-20(26)23-12-4-5-16(14-23)19(25)24(18-10-11-18)13-15-6-8-17(22)9-7-15/h6-9,16,18H,4-5,10-14H2,1-3H3/t16-/m1/s1. The Bertz CT molecular complexity index is 680. The maximum atomic E-state index is 13.2. The molecule has 1 saturated heterocycles. The quantitative estimate of drug-likeness (QED) is 0.759. The largest absolute Gasteiger partial charge is 0.444 e. The summed E-state index contributed by atoms with van der Waals surface area (Å²) in [7, 11) is 0. The third-order valence-electron chi connectivity index (χ3n) is 4.96. The number of halogens is 1. The lowest BCUT2D eigenvalue weighted by Crippen LogP contribution is -2.48. The smallest absolute Gasteiger partial charge is 0.410 e. The fourth-order valence-corrected chi connectivity index (χ4v) is 3.59. The number of piperidine rings is 1. The van der Waals surface area contributed by atoms with Gasteiger partial charge in [-0.05, 0) is 64.2 Å². The van der Waals surface area contributed by atoms with E-state index in [1.165, 1.54) is 0 Å². The lowest BCUT2D eigenvalue weighted by Gasteiger charge is -2.36. The number of likely N-dealkylation sites (tertiary alicyclic amines) is 1. The molecule has 1 heterocycles. The minimum absolute atomic E-state index is 0.153.